The molecule has 3 heterocycles. The summed E-state index contributed by atoms with van der Waals surface area (Å²) in [5, 5.41) is 14.3. The Morgan fingerprint density at radius 1 is 1.06 bits per heavy atom. The van der Waals surface area contributed by atoms with E-state index in [0.29, 0.717) is 23.0 Å². The lowest BCUT2D eigenvalue weighted by Gasteiger charge is -2.15. The summed E-state index contributed by atoms with van der Waals surface area (Å²) in [6.07, 6.45) is -0.397. The first-order chi connectivity index (χ1) is 15.7. The molecular weight excluding hydrogens is 437 g/mol. The van der Waals surface area contributed by atoms with Crippen molar-refractivity contribution in [3.8, 4) is 11.4 Å². The Morgan fingerprint density at radius 2 is 1.82 bits per heavy atom. The number of rotatable bonds is 4. The van der Waals surface area contributed by atoms with Gasteiger partial charge in [-0.3, -0.25) is 20.1 Å². The summed E-state index contributed by atoms with van der Waals surface area (Å²) < 4.78 is 42.1. The smallest absolute Gasteiger partial charge is 0.307 e. The third-order valence-corrected chi connectivity index (χ3v) is 6.13. The lowest BCUT2D eigenvalue weighted by molar-refractivity contribution is -0.135. The molecule has 12 heteroatoms. The minimum absolute atomic E-state index is 0.0541. The van der Waals surface area contributed by atoms with Crippen LogP contribution in [0.2, 0.25) is 0 Å². The maximum Gasteiger partial charge on any atom is 0.417 e. The predicted octanol–water partition coefficient (Wildman–Crippen LogP) is 4.47. The molecule has 0 radical (unpaired) electrons. The van der Waals surface area contributed by atoms with Crippen LogP contribution in [0.15, 0.2) is 16.9 Å². The van der Waals surface area contributed by atoms with Crippen LogP contribution in [0, 0.1) is 13.8 Å². The SMILES string of the molecule is Cc1nc(-c2ccc3[nH][nH]c(=O)c3c2C(F)(F)F)nc(Nc2n[nH]c(C3CCCC3)n2)c1C. The first-order valence-electron chi connectivity index (χ1n) is 10.6. The molecule has 0 saturated heterocycles. The third kappa shape index (κ3) is 3.74. The van der Waals surface area contributed by atoms with Crippen molar-refractivity contribution in [1.82, 2.24) is 35.3 Å². The average Bonchev–Trinajstić information content (AvgIpc) is 3.51. The van der Waals surface area contributed by atoms with E-state index in [9.17, 15) is 18.0 Å². The molecule has 0 unspecified atom stereocenters. The fourth-order valence-electron chi connectivity index (χ4n) is 4.30. The van der Waals surface area contributed by atoms with Crippen molar-refractivity contribution in [2.45, 2.75) is 51.6 Å². The van der Waals surface area contributed by atoms with Gasteiger partial charge < -0.3 is 5.32 Å². The van der Waals surface area contributed by atoms with Gasteiger partial charge in [-0.25, -0.2) is 9.97 Å². The maximum absolute atomic E-state index is 14.0. The van der Waals surface area contributed by atoms with Gasteiger partial charge in [0.05, 0.1) is 16.5 Å². The zero-order valence-electron chi connectivity index (χ0n) is 17.9. The monoisotopic (exact) mass is 458 g/mol. The van der Waals surface area contributed by atoms with Crippen LogP contribution in [0.25, 0.3) is 22.3 Å². The number of fused-ring (bicyclic) bond motifs is 1. The second-order valence-corrected chi connectivity index (χ2v) is 8.24. The van der Waals surface area contributed by atoms with Crippen molar-refractivity contribution in [1.29, 1.82) is 0 Å². The van der Waals surface area contributed by atoms with E-state index in [1.54, 1.807) is 13.8 Å². The van der Waals surface area contributed by atoms with Gasteiger partial charge in [0.25, 0.3) is 5.56 Å². The summed E-state index contributed by atoms with van der Waals surface area (Å²) in [4.78, 5) is 25.3. The number of hydrogen-bond acceptors (Lipinski definition) is 6. The van der Waals surface area contributed by atoms with Crippen molar-refractivity contribution in [3.05, 3.63) is 45.1 Å². The number of nitrogens with zero attached hydrogens (tertiary/aromatic N) is 4. The lowest BCUT2D eigenvalue weighted by atomic mass is 10.0. The van der Waals surface area contributed by atoms with Crippen LogP contribution < -0.4 is 10.9 Å². The molecule has 1 saturated carbocycles. The predicted molar refractivity (Wildman–Crippen MR) is 115 cm³/mol. The summed E-state index contributed by atoms with van der Waals surface area (Å²) >= 11 is 0. The van der Waals surface area contributed by atoms with Gasteiger partial charge in [-0.1, -0.05) is 12.8 Å². The molecule has 33 heavy (non-hydrogen) atoms. The standard InChI is InChI=1S/C21H21F3N8O/c1-9-10(2)25-18(12-7-8-13-14(19(33)31-29-13)15(12)21(22,23)24)26-16(9)27-20-28-17(30-32-20)11-5-3-4-6-11/h7-8,11H,3-6H2,1-2H3,(H2,29,31,33)(H2,25,26,27,28,30,32). The number of benzene rings is 1. The highest BCUT2D eigenvalue weighted by molar-refractivity contribution is 5.88. The van der Waals surface area contributed by atoms with Crippen LogP contribution in [0.4, 0.5) is 24.9 Å². The van der Waals surface area contributed by atoms with Crippen LogP contribution in [-0.4, -0.2) is 35.3 Å². The number of halogens is 3. The highest BCUT2D eigenvalue weighted by Gasteiger charge is 2.38. The Morgan fingerprint density at radius 3 is 2.55 bits per heavy atom. The Hall–Kier alpha value is -3.70. The quantitative estimate of drug-likeness (QED) is 0.357. The molecule has 1 fully saturated rings. The van der Waals surface area contributed by atoms with Crippen LogP contribution in [0.3, 0.4) is 0 Å². The molecule has 3 aromatic heterocycles. The summed E-state index contributed by atoms with van der Waals surface area (Å²) in [5.74, 6) is 1.55. The van der Waals surface area contributed by atoms with Crippen molar-refractivity contribution in [3.63, 3.8) is 0 Å². The highest BCUT2D eigenvalue weighted by Crippen LogP contribution is 2.40. The summed E-state index contributed by atoms with van der Waals surface area (Å²) in [6, 6.07) is 2.65. The molecule has 4 N–H and O–H groups in total. The Bertz CT molecular complexity index is 1400. The Balaban J connectivity index is 1.59. The molecule has 4 aromatic rings. The van der Waals surface area contributed by atoms with Gasteiger partial charge in [0.15, 0.2) is 5.82 Å². The fraction of sp³-hybridized carbons (Fsp3) is 0.381. The third-order valence-electron chi connectivity index (χ3n) is 6.13. The van der Waals surface area contributed by atoms with E-state index >= 15 is 0 Å². The number of aryl methyl sites for hydroxylation is 1. The van der Waals surface area contributed by atoms with Crippen molar-refractivity contribution in [2.75, 3.05) is 5.32 Å². The largest absolute Gasteiger partial charge is 0.417 e. The summed E-state index contributed by atoms with van der Waals surface area (Å²) in [7, 11) is 0. The topological polar surface area (TPSA) is 128 Å². The first-order valence-corrected chi connectivity index (χ1v) is 10.6. The van der Waals surface area contributed by atoms with Gasteiger partial charge in [0, 0.05) is 22.7 Å². The van der Waals surface area contributed by atoms with Crippen molar-refractivity contribution >= 4 is 22.7 Å². The molecule has 0 atom stereocenters. The van der Waals surface area contributed by atoms with E-state index < -0.39 is 22.7 Å². The van der Waals surface area contributed by atoms with E-state index in [2.05, 4.69) is 40.7 Å². The van der Waals surface area contributed by atoms with Gasteiger partial charge in [-0.15, -0.1) is 5.10 Å². The molecule has 0 bridgehead atoms. The molecule has 5 rings (SSSR count). The Kier molecular flexibility index (Phi) is 4.94. The van der Waals surface area contributed by atoms with E-state index in [-0.39, 0.29) is 22.9 Å². The minimum atomic E-state index is -4.79. The number of nitrogens with one attached hydrogen (secondary N) is 4. The fourth-order valence-corrected chi connectivity index (χ4v) is 4.30. The van der Waals surface area contributed by atoms with Crippen LogP contribution >= 0.6 is 0 Å². The summed E-state index contributed by atoms with van der Waals surface area (Å²) in [6.45, 7) is 3.44. The van der Waals surface area contributed by atoms with E-state index in [1.807, 2.05) is 0 Å². The number of anilines is 2. The number of hydrogen-bond donors (Lipinski definition) is 4. The lowest BCUT2D eigenvalue weighted by Crippen LogP contribution is -2.14. The number of H-pyrrole nitrogens is 3. The second kappa shape index (κ2) is 7.71. The van der Waals surface area contributed by atoms with Gasteiger partial charge in [-0.05, 0) is 38.8 Å². The van der Waals surface area contributed by atoms with Crippen LogP contribution in [-0.2, 0) is 6.18 Å². The summed E-state index contributed by atoms with van der Waals surface area (Å²) in [5.41, 5.74) is -1.03. The highest BCUT2D eigenvalue weighted by atomic mass is 19.4. The van der Waals surface area contributed by atoms with Crippen molar-refractivity contribution < 1.29 is 13.2 Å². The number of aromatic amines is 3. The first kappa shape index (κ1) is 21.2. The normalized spacial score (nSPS) is 14.9. The Labute approximate surface area is 185 Å². The second-order valence-electron chi connectivity index (χ2n) is 8.24. The van der Waals surface area contributed by atoms with Crippen LogP contribution in [0.5, 0.6) is 0 Å². The molecule has 172 valence electrons. The van der Waals surface area contributed by atoms with E-state index in [0.717, 1.165) is 31.5 Å². The molecule has 9 nitrogen and oxygen atoms in total. The molecule has 1 aliphatic carbocycles. The average molecular weight is 458 g/mol. The zero-order valence-corrected chi connectivity index (χ0v) is 17.9. The molecule has 0 amide bonds. The maximum atomic E-state index is 14.0. The molecule has 0 spiro atoms. The zero-order chi connectivity index (χ0) is 23.3. The van der Waals surface area contributed by atoms with E-state index in [4.69, 9.17) is 0 Å². The number of aromatic nitrogens is 7. The molecule has 0 aliphatic heterocycles. The minimum Gasteiger partial charge on any atom is -0.307 e. The number of alkyl halides is 3. The van der Waals surface area contributed by atoms with Gasteiger partial charge >= 0.3 is 6.18 Å². The van der Waals surface area contributed by atoms with Crippen molar-refractivity contribution in [2.24, 2.45) is 0 Å². The molecule has 1 aliphatic rings. The van der Waals surface area contributed by atoms with Gasteiger partial charge in [0.1, 0.15) is 11.6 Å². The van der Waals surface area contributed by atoms with Crippen LogP contribution in [0.1, 0.15) is 54.2 Å². The van der Waals surface area contributed by atoms with Gasteiger partial charge in [0.2, 0.25) is 5.95 Å². The molecular formula is C21H21F3N8O. The van der Waals surface area contributed by atoms with Gasteiger partial charge in [-0.2, -0.15) is 18.2 Å². The molecule has 1 aromatic carbocycles. The van der Waals surface area contributed by atoms with E-state index in [1.165, 1.54) is 12.1 Å².